The maximum atomic E-state index is 11.8. The van der Waals surface area contributed by atoms with Gasteiger partial charge in [-0.05, 0) is 28.1 Å². The maximum absolute atomic E-state index is 11.8. The highest BCUT2D eigenvalue weighted by Crippen LogP contribution is 2.22. The number of halogens is 2. The molecule has 0 saturated carbocycles. The van der Waals surface area contributed by atoms with E-state index in [1.807, 2.05) is 5.38 Å². The van der Waals surface area contributed by atoms with E-state index in [0.717, 1.165) is 9.43 Å². The fourth-order valence-electron chi connectivity index (χ4n) is 1.81. The Labute approximate surface area is 147 Å². The van der Waals surface area contributed by atoms with E-state index in [4.69, 9.17) is 11.6 Å². The van der Waals surface area contributed by atoms with Crippen LogP contribution < -0.4 is 10.9 Å². The minimum Gasteiger partial charge on any atom is -0.356 e. The Morgan fingerprint density at radius 1 is 1.43 bits per heavy atom. The van der Waals surface area contributed by atoms with E-state index in [-0.39, 0.29) is 0 Å². The molecule has 0 bridgehead atoms. The number of hydrogen-bond acceptors (Lipinski definition) is 4. The highest BCUT2D eigenvalue weighted by Gasteiger charge is 2.10. The Morgan fingerprint density at radius 2 is 2.26 bits per heavy atom. The Kier molecular flexibility index (Phi) is 4.51. The number of hydrazine groups is 1. The molecule has 0 fully saturated rings. The quantitative estimate of drug-likeness (QED) is 0.454. The molecule has 3 aromatic rings. The summed E-state index contributed by atoms with van der Waals surface area (Å²) in [6.07, 6.45) is 6.21. The molecule has 0 unspecified atom stereocenters. The lowest BCUT2D eigenvalue weighted by atomic mass is 10.4. The molecule has 2 amide bonds. The lowest BCUT2D eigenvalue weighted by Crippen LogP contribution is -2.40. The van der Waals surface area contributed by atoms with Crippen molar-refractivity contribution >= 4 is 61.7 Å². The zero-order valence-electron chi connectivity index (χ0n) is 11.3. The summed E-state index contributed by atoms with van der Waals surface area (Å²) in [4.78, 5) is 31.2. The predicted octanol–water partition coefficient (Wildman–Crippen LogP) is 2.61. The van der Waals surface area contributed by atoms with E-state index < -0.39 is 11.8 Å². The van der Waals surface area contributed by atoms with Crippen LogP contribution in [0, 0.1) is 0 Å². The second-order valence-corrected chi connectivity index (χ2v) is 6.50. The third-order valence-electron chi connectivity index (χ3n) is 2.84. The number of H-pyrrole nitrogens is 1. The summed E-state index contributed by atoms with van der Waals surface area (Å²) >= 11 is 10.7. The maximum Gasteiger partial charge on any atom is 0.286 e. The van der Waals surface area contributed by atoms with Crippen molar-refractivity contribution < 1.29 is 9.59 Å². The van der Waals surface area contributed by atoms with Crippen molar-refractivity contribution in [3.8, 4) is 0 Å². The molecule has 118 valence electrons. The Balaban J connectivity index is 1.62. The minimum absolute atomic E-state index is 0.307. The van der Waals surface area contributed by atoms with Crippen LogP contribution in [0.4, 0.5) is 0 Å². The van der Waals surface area contributed by atoms with E-state index in [1.54, 1.807) is 22.9 Å². The zero-order valence-corrected chi connectivity index (χ0v) is 14.5. The molecule has 3 N–H and O–H groups in total. The summed E-state index contributed by atoms with van der Waals surface area (Å²) in [6, 6.07) is 1.59. The molecular weight excluding hydrogens is 406 g/mol. The lowest BCUT2D eigenvalue weighted by Gasteiger charge is -2.03. The number of carbonyl (C=O) groups is 2. The number of carbonyl (C=O) groups excluding carboxylic acids is 2. The smallest absolute Gasteiger partial charge is 0.286 e. The van der Waals surface area contributed by atoms with Crippen molar-refractivity contribution in [3.05, 3.63) is 50.9 Å². The molecule has 0 spiro atoms. The van der Waals surface area contributed by atoms with Crippen LogP contribution in [0.3, 0.4) is 0 Å². The zero-order chi connectivity index (χ0) is 16.4. The third kappa shape index (κ3) is 3.46. The molecule has 0 aliphatic rings. The van der Waals surface area contributed by atoms with Gasteiger partial charge in [0.05, 0.1) is 5.69 Å². The van der Waals surface area contributed by atoms with Gasteiger partial charge in [0.25, 0.3) is 11.8 Å². The van der Waals surface area contributed by atoms with Crippen LogP contribution in [0.15, 0.2) is 34.4 Å². The first-order valence-electron chi connectivity index (χ1n) is 6.28. The van der Waals surface area contributed by atoms with Crippen LogP contribution in [-0.2, 0) is 4.79 Å². The van der Waals surface area contributed by atoms with Crippen molar-refractivity contribution in [1.29, 1.82) is 0 Å². The van der Waals surface area contributed by atoms with Crippen LogP contribution in [0.1, 0.15) is 16.2 Å². The van der Waals surface area contributed by atoms with E-state index in [9.17, 15) is 9.59 Å². The van der Waals surface area contributed by atoms with Crippen LogP contribution in [0.5, 0.6) is 0 Å². The summed E-state index contributed by atoms with van der Waals surface area (Å²) in [7, 11) is 0. The number of aromatic nitrogens is 3. The fraction of sp³-hybridized carbons (Fsp3) is 0. The number of fused-ring (bicyclic) bond motifs is 1. The van der Waals surface area contributed by atoms with Gasteiger partial charge in [-0.2, -0.15) is 0 Å². The van der Waals surface area contributed by atoms with Crippen molar-refractivity contribution in [1.82, 2.24) is 25.2 Å². The number of aromatic amines is 1. The molecule has 0 aliphatic carbocycles. The van der Waals surface area contributed by atoms with Gasteiger partial charge in [-0.15, -0.1) is 11.3 Å². The first kappa shape index (κ1) is 15.8. The highest BCUT2D eigenvalue weighted by atomic mass is 79.9. The highest BCUT2D eigenvalue weighted by molar-refractivity contribution is 9.10. The van der Waals surface area contributed by atoms with Crippen molar-refractivity contribution in [3.63, 3.8) is 0 Å². The van der Waals surface area contributed by atoms with Gasteiger partial charge in [-0.3, -0.25) is 24.8 Å². The van der Waals surface area contributed by atoms with Gasteiger partial charge in [-0.1, -0.05) is 11.6 Å². The number of rotatable bonds is 3. The third-order valence-corrected chi connectivity index (χ3v) is 4.33. The van der Waals surface area contributed by atoms with Gasteiger partial charge in [-0.25, -0.2) is 4.98 Å². The van der Waals surface area contributed by atoms with Gasteiger partial charge >= 0.3 is 0 Å². The van der Waals surface area contributed by atoms with Crippen LogP contribution in [0.2, 0.25) is 5.15 Å². The van der Waals surface area contributed by atoms with Gasteiger partial charge in [0, 0.05) is 28.3 Å². The second-order valence-electron chi connectivity index (χ2n) is 4.35. The van der Waals surface area contributed by atoms with E-state index in [0.29, 0.717) is 16.5 Å². The SMILES string of the molecule is O=C(/C=C/c1c(Cl)nc2sccn12)NNC(=O)c1cc(Br)c[nH]1. The summed E-state index contributed by atoms with van der Waals surface area (Å²) in [5, 5.41) is 2.17. The van der Waals surface area contributed by atoms with Crippen LogP contribution >= 0.6 is 38.9 Å². The predicted molar refractivity (Wildman–Crippen MR) is 91.2 cm³/mol. The van der Waals surface area contributed by atoms with Crippen LogP contribution in [0.25, 0.3) is 11.0 Å². The molecule has 0 aromatic carbocycles. The van der Waals surface area contributed by atoms with Crippen molar-refractivity contribution in [2.24, 2.45) is 0 Å². The number of thiazole rings is 1. The summed E-state index contributed by atoms with van der Waals surface area (Å²) in [5.41, 5.74) is 5.49. The first-order valence-corrected chi connectivity index (χ1v) is 8.33. The summed E-state index contributed by atoms with van der Waals surface area (Å²) < 4.78 is 2.51. The number of nitrogens with one attached hydrogen (secondary N) is 3. The fourth-order valence-corrected chi connectivity index (χ4v) is 3.16. The van der Waals surface area contributed by atoms with Gasteiger partial charge in [0.1, 0.15) is 5.69 Å². The molecule has 0 aliphatic heterocycles. The Bertz CT molecular complexity index is 913. The molecule has 10 heteroatoms. The number of amides is 2. The monoisotopic (exact) mass is 413 g/mol. The van der Waals surface area contributed by atoms with E-state index in [2.05, 4.69) is 36.7 Å². The average molecular weight is 415 g/mol. The number of imidazole rings is 1. The topological polar surface area (TPSA) is 91.3 Å². The molecule has 0 radical (unpaired) electrons. The normalized spacial score (nSPS) is 11.2. The van der Waals surface area contributed by atoms with Crippen molar-refractivity contribution in [2.45, 2.75) is 0 Å². The molecule has 3 aromatic heterocycles. The molecular formula is C13H9BrClN5O2S. The average Bonchev–Trinajstić information content (AvgIpc) is 3.19. The lowest BCUT2D eigenvalue weighted by molar-refractivity contribution is -0.117. The molecule has 0 atom stereocenters. The largest absolute Gasteiger partial charge is 0.356 e. The van der Waals surface area contributed by atoms with Crippen LogP contribution in [-0.4, -0.2) is 26.2 Å². The first-order chi connectivity index (χ1) is 11.0. The molecule has 0 saturated heterocycles. The molecule has 7 nitrogen and oxygen atoms in total. The summed E-state index contributed by atoms with van der Waals surface area (Å²) in [6.45, 7) is 0. The minimum atomic E-state index is -0.495. The number of hydrogen-bond donors (Lipinski definition) is 3. The molecule has 3 rings (SSSR count). The molecule has 23 heavy (non-hydrogen) atoms. The Morgan fingerprint density at radius 3 is 3.00 bits per heavy atom. The van der Waals surface area contributed by atoms with Crippen molar-refractivity contribution in [2.75, 3.05) is 0 Å². The number of nitrogens with zero attached hydrogens (tertiary/aromatic N) is 2. The van der Waals surface area contributed by atoms with E-state index in [1.165, 1.54) is 23.5 Å². The second kappa shape index (κ2) is 6.57. The summed E-state index contributed by atoms with van der Waals surface area (Å²) in [5.74, 6) is -0.953. The van der Waals surface area contributed by atoms with Gasteiger partial charge in [0.2, 0.25) is 0 Å². The molecule has 3 heterocycles. The van der Waals surface area contributed by atoms with Gasteiger partial charge in [0.15, 0.2) is 10.1 Å². The van der Waals surface area contributed by atoms with Gasteiger partial charge < -0.3 is 4.98 Å². The standard InChI is InChI=1S/C13H9BrClN5O2S/c14-7-5-8(16-6-7)12(22)19-18-10(21)2-1-9-11(15)17-13-20(9)3-4-23-13/h1-6,16H,(H,18,21)(H,19,22)/b2-1+. The Hall–Kier alpha value is -2.10. The van der Waals surface area contributed by atoms with E-state index >= 15 is 0 Å².